The number of hydrogen-bond acceptors (Lipinski definition) is 4. The van der Waals surface area contributed by atoms with Gasteiger partial charge in [0.15, 0.2) is 0 Å². The lowest BCUT2D eigenvalue weighted by atomic mass is 9.96. The van der Waals surface area contributed by atoms with Crippen molar-refractivity contribution in [2.45, 2.75) is 32.4 Å². The molecule has 1 atom stereocenters. The van der Waals surface area contributed by atoms with Crippen LogP contribution in [0, 0.1) is 11.7 Å². The summed E-state index contributed by atoms with van der Waals surface area (Å²) in [5.41, 5.74) is 1.84. The van der Waals surface area contributed by atoms with Gasteiger partial charge < -0.3 is 14.9 Å². The number of aliphatic hydroxyl groups is 1. The van der Waals surface area contributed by atoms with E-state index in [1.165, 1.54) is 0 Å². The molecular formula is C20H28FN3O. The third-order valence-electron chi connectivity index (χ3n) is 4.99. The van der Waals surface area contributed by atoms with E-state index in [-0.39, 0.29) is 11.9 Å². The van der Waals surface area contributed by atoms with E-state index < -0.39 is 0 Å². The zero-order chi connectivity index (χ0) is 17.8. The zero-order valence-corrected chi connectivity index (χ0v) is 15.2. The number of piperidine rings is 1. The van der Waals surface area contributed by atoms with Crippen molar-refractivity contribution in [3.63, 3.8) is 0 Å². The van der Waals surface area contributed by atoms with Gasteiger partial charge >= 0.3 is 0 Å². The van der Waals surface area contributed by atoms with Gasteiger partial charge in [-0.25, -0.2) is 4.39 Å². The Balaban J connectivity index is 1.58. The van der Waals surface area contributed by atoms with Gasteiger partial charge in [-0.3, -0.25) is 4.98 Å². The highest BCUT2D eigenvalue weighted by atomic mass is 19.1. The van der Waals surface area contributed by atoms with Crippen molar-refractivity contribution in [1.82, 2.24) is 14.8 Å². The summed E-state index contributed by atoms with van der Waals surface area (Å²) in [5.74, 6) is 0.457. The summed E-state index contributed by atoms with van der Waals surface area (Å²) in [6.45, 7) is 6.43. The number of likely N-dealkylation sites (tertiary alicyclic amines) is 1. The van der Waals surface area contributed by atoms with Gasteiger partial charge in [0, 0.05) is 31.2 Å². The Labute approximate surface area is 149 Å². The predicted molar refractivity (Wildman–Crippen MR) is 98.9 cm³/mol. The summed E-state index contributed by atoms with van der Waals surface area (Å²) in [4.78, 5) is 9.05. The van der Waals surface area contributed by atoms with Gasteiger partial charge in [-0.1, -0.05) is 6.07 Å². The molecular weight excluding hydrogens is 317 g/mol. The van der Waals surface area contributed by atoms with Crippen LogP contribution in [0.4, 0.5) is 4.39 Å². The van der Waals surface area contributed by atoms with E-state index in [0.29, 0.717) is 12.5 Å². The Morgan fingerprint density at radius 2 is 2.12 bits per heavy atom. The molecule has 2 heterocycles. The lowest BCUT2D eigenvalue weighted by Crippen LogP contribution is -2.40. The van der Waals surface area contributed by atoms with Crippen LogP contribution in [0.25, 0.3) is 10.9 Å². The van der Waals surface area contributed by atoms with Crippen LogP contribution < -0.4 is 0 Å². The van der Waals surface area contributed by atoms with Crippen LogP contribution in [0.5, 0.6) is 0 Å². The largest absolute Gasteiger partial charge is 0.392 e. The highest BCUT2D eigenvalue weighted by Gasteiger charge is 2.21. The minimum Gasteiger partial charge on any atom is -0.392 e. The number of pyridine rings is 1. The Hall–Kier alpha value is -1.56. The average molecular weight is 345 g/mol. The number of rotatable bonds is 6. The van der Waals surface area contributed by atoms with E-state index >= 15 is 0 Å². The van der Waals surface area contributed by atoms with E-state index in [4.69, 9.17) is 0 Å². The lowest BCUT2D eigenvalue weighted by Gasteiger charge is -2.34. The summed E-state index contributed by atoms with van der Waals surface area (Å²) in [7, 11) is 2.10. The Morgan fingerprint density at radius 3 is 2.84 bits per heavy atom. The molecule has 0 aliphatic carbocycles. The van der Waals surface area contributed by atoms with Crippen LogP contribution in [0.15, 0.2) is 30.5 Å². The third kappa shape index (κ3) is 4.97. The second-order valence-corrected chi connectivity index (χ2v) is 7.43. The standard InChI is InChI=1S/C20H28FN3O/c1-15(25)12-24-8-5-16(6-9-24)13-23(2)14-18-11-19(21)10-17-4-3-7-22-20(17)18/h3-4,7,10-11,15-16,25H,5-6,8-9,12-14H2,1-2H3/t15-/m0/s1. The van der Waals surface area contributed by atoms with Gasteiger partial charge in [-0.2, -0.15) is 0 Å². The molecule has 0 radical (unpaired) electrons. The molecule has 3 rings (SSSR count). The highest BCUT2D eigenvalue weighted by Crippen LogP contribution is 2.22. The van der Waals surface area contributed by atoms with E-state index in [0.717, 1.165) is 55.5 Å². The monoisotopic (exact) mass is 345 g/mol. The quantitative estimate of drug-likeness (QED) is 0.874. The molecule has 4 nitrogen and oxygen atoms in total. The molecule has 1 aliphatic rings. The molecule has 25 heavy (non-hydrogen) atoms. The van der Waals surface area contributed by atoms with E-state index in [9.17, 15) is 9.50 Å². The molecule has 136 valence electrons. The van der Waals surface area contributed by atoms with E-state index in [2.05, 4.69) is 21.8 Å². The molecule has 1 aromatic heterocycles. The second-order valence-electron chi connectivity index (χ2n) is 7.43. The molecule has 0 saturated carbocycles. The molecule has 1 aliphatic heterocycles. The summed E-state index contributed by atoms with van der Waals surface area (Å²) in [6, 6.07) is 6.91. The van der Waals surface area contributed by atoms with E-state index in [1.54, 1.807) is 18.3 Å². The van der Waals surface area contributed by atoms with E-state index in [1.807, 2.05) is 19.1 Å². The molecule has 1 fully saturated rings. The molecule has 1 saturated heterocycles. The second kappa shape index (κ2) is 8.21. The molecule has 0 bridgehead atoms. The minimum absolute atomic E-state index is 0.199. The number of aliphatic hydroxyl groups excluding tert-OH is 1. The molecule has 0 unspecified atom stereocenters. The van der Waals surface area contributed by atoms with Gasteiger partial charge in [-0.05, 0) is 69.6 Å². The van der Waals surface area contributed by atoms with Crippen molar-refractivity contribution in [1.29, 1.82) is 0 Å². The SMILES string of the molecule is C[C@H](O)CN1CCC(CN(C)Cc2cc(F)cc3cccnc23)CC1. The molecule has 0 spiro atoms. The van der Waals surface area contributed by atoms with Crippen LogP contribution in [0.3, 0.4) is 0 Å². The number of nitrogens with zero attached hydrogens (tertiary/aromatic N) is 3. The van der Waals surface area contributed by atoms with Crippen molar-refractivity contribution in [3.05, 3.63) is 41.8 Å². The Bertz CT molecular complexity index is 698. The normalized spacial score (nSPS) is 18.1. The van der Waals surface area contributed by atoms with Gasteiger partial charge in [0.1, 0.15) is 5.82 Å². The maximum absolute atomic E-state index is 13.9. The fourth-order valence-electron chi connectivity index (χ4n) is 3.87. The van der Waals surface area contributed by atoms with Gasteiger partial charge in [0.25, 0.3) is 0 Å². The first kappa shape index (κ1) is 18.2. The zero-order valence-electron chi connectivity index (χ0n) is 15.2. The fraction of sp³-hybridized carbons (Fsp3) is 0.550. The van der Waals surface area contributed by atoms with Gasteiger partial charge in [0.2, 0.25) is 0 Å². The Morgan fingerprint density at radius 1 is 1.36 bits per heavy atom. The predicted octanol–water partition coefficient (Wildman–Crippen LogP) is 2.90. The molecule has 2 aromatic rings. The smallest absolute Gasteiger partial charge is 0.124 e. The molecule has 5 heteroatoms. The molecule has 1 N–H and O–H groups in total. The van der Waals surface area contributed by atoms with Crippen LogP contribution in [0.2, 0.25) is 0 Å². The third-order valence-corrected chi connectivity index (χ3v) is 4.99. The molecule has 1 aromatic carbocycles. The van der Waals surface area contributed by atoms with Gasteiger partial charge in [0.05, 0.1) is 11.6 Å². The first-order valence-corrected chi connectivity index (χ1v) is 9.13. The van der Waals surface area contributed by atoms with Crippen LogP contribution in [0.1, 0.15) is 25.3 Å². The topological polar surface area (TPSA) is 39.6 Å². The van der Waals surface area contributed by atoms with Crippen LogP contribution in [-0.2, 0) is 6.54 Å². The van der Waals surface area contributed by atoms with Crippen LogP contribution in [-0.4, -0.2) is 59.2 Å². The van der Waals surface area contributed by atoms with Crippen molar-refractivity contribution in [2.75, 3.05) is 33.2 Å². The van der Waals surface area contributed by atoms with Crippen LogP contribution >= 0.6 is 0 Å². The fourth-order valence-corrected chi connectivity index (χ4v) is 3.87. The number of aromatic nitrogens is 1. The number of benzene rings is 1. The van der Waals surface area contributed by atoms with Crippen molar-refractivity contribution < 1.29 is 9.50 Å². The minimum atomic E-state index is -0.256. The maximum atomic E-state index is 13.9. The number of halogens is 1. The number of β-amino-alcohol motifs (C(OH)–C–C–N with tert-alkyl or cyclic N) is 1. The Kier molecular flexibility index (Phi) is 5.99. The maximum Gasteiger partial charge on any atom is 0.124 e. The first-order valence-electron chi connectivity index (χ1n) is 9.13. The highest BCUT2D eigenvalue weighted by molar-refractivity contribution is 5.81. The summed E-state index contributed by atoms with van der Waals surface area (Å²) in [5, 5.41) is 10.4. The number of fused-ring (bicyclic) bond motifs is 1. The average Bonchev–Trinajstić information content (AvgIpc) is 2.56. The summed E-state index contributed by atoms with van der Waals surface area (Å²) < 4.78 is 13.9. The van der Waals surface area contributed by atoms with Crippen molar-refractivity contribution in [2.24, 2.45) is 5.92 Å². The lowest BCUT2D eigenvalue weighted by molar-refractivity contribution is 0.0920. The number of hydrogen-bond donors (Lipinski definition) is 1. The van der Waals surface area contributed by atoms with Crippen molar-refractivity contribution in [3.8, 4) is 0 Å². The summed E-state index contributed by atoms with van der Waals surface area (Å²) >= 11 is 0. The van der Waals surface area contributed by atoms with Gasteiger partial charge in [-0.15, -0.1) is 0 Å². The molecule has 0 amide bonds. The van der Waals surface area contributed by atoms with Crippen molar-refractivity contribution >= 4 is 10.9 Å². The summed E-state index contributed by atoms with van der Waals surface area (Å²) in [6.07, 6.45) is 3.81. The first-order chi connectivity index (χ1) is 12.0.